The molecule has 0 atom stereocenters. The largest absolute Gasteiger partial charge is 0.311 e. The van der Waals surface area contributed by atoms with Gasteiger partial charge >= 0.3 is 0 Å². The lowest BCUT2D eigenvalue weighted by atomic mass is 10.2. The number of pyridine rings is 1. The van der Waals surface area contributed by atoms with Crippen LogP contribution in [0.1, 0.15) is 18.5 Å². The normalized spacial score (nSPS) is 15.8. The first-order valence-corrected chi connectivity index (χ1v) is 6.17. The quantitative estimate of drug-likeness (QED) is 0.863. The van der Waals surface area contributed by atoms with Crippen molar-refractivity contribution in [2.75, 3.05) is 6.54 Å². The number of para-hydroxylation sites is 1. The summed E-state index contributed by atoms with van der Waals surface area (Å²) in [7, 11) is 0. The van der Waals surface area contributed by atoms with Gasteiger partial charge in [0.15, 0.2) is 0 Å². The molecule has 0 spiro atoms. The highest BCUT2D eigenvalue weighted by Gasteiger charge is 2.18. The molecular formula is C15H16N2. The van der Waals surface area contributed by atoms with E-state index < -0.39 is 0 Å². The van der Waals surface area contributed by atoms with E-state index in [0.717, 1.165) is 23.8 Å². The number of hydrogen-bond acceptors (Lipinski definition) is 2. The van der Waals surface area contributed by atoms with Crippen molar-refractivity contribution in [3.8, 4) is 0 Å². The summed E-state index contributed by atoms with van der Waals surface area (Å²) in [6, 6.07) is 13.2. The number of aromatic nitrogens is 1. The molecule has 1 N–H and O–H groups in total. The van der Waals surface area contributed by atoms with E-state index >= 15 is 0 Å². The Morgan fingerprint density at radius 1 is 1.18 bits per heavy atom. The molecule has 17 heavy (non-hydrogen) atoms. The Kier molecular flexibility index (Phi) is 2.88. The molecule has 0 radical (unpaired) electrons. The molecule has 3 rings (SSSR count). The molecule has 1 aromatic carbocycles. The second-order valence-electron chi connectivity index (χ2n) is 4.51. The molecule has 1 saturated carbocycles. The van der Waals surface area contributed by atoms with Gasteiger partial charge < -0.3 is 5.32 Å². The Labute approximate surface area is 101 Å². The minimum Gasteiger partial charge on any atom is -0.311 e. The highest BCUT2D eigenvalue weighted by molar-refractivity contribution is 5.79. The zero-order chi connectivity index (χ0) is 11.5. The van der Waals surface area contributed by atoms with E-state index in [1.165, 1.54) is 18.2 Å². The molecular weight excluding hydrogens is 208 g/mol. The van der Waals surface area contributed by atoms with Crippen LogP contribution in [0.3, 0.4) is 0 Å². The maximum atomic E-state index is 4.59. The second-order valence-corrected chi connectivity index (χ2v) is 4.51. The molecule has 1 aromatic heterocycles. The van der Waals surface area contributed by atoms with Crippen molar-refractivity contribution in [3.63, 3.8) is 0 Å². The van der Waals surface area contributed by atoms with E-state index in [2.05, 4.69) is 46.7 Å². The van der Waals surface area contributed by atoms with Crippen LogP contribution in [0.2, 0.25) is 0 Å². The summed E-state index contributed by atoms with van der Waals surface area (Å²) < 4.78 is 0. The molecule has 2 aromatic rings. The van der Waals surface area contributed by atoms with Gasteiger partial charge in [0.25, 0.3) is 0 Å². The van der Waals surface area contributed by atoms with Crippen LogP contribution < -0.4 is 5.32 Å². The summed E-state index contributed by atoms with van der Waals surface area (Å²) >= 11 is 0. The number of rotatable bonds is 4. The summed E-state index contributed by atoms with van der Waals surface area (Å²) in [5.41, 5.74) is 2.09. The maximum Gasteiger partial charge on any atom is 0.0709 e. The summed E-state index contributed by atoms with van der Waals surface area (Å²) in [5, 5.41) is 4.64. The maximum absolute atomic E-state index is 4.59. The minimum absolute atomic E-state index is 0.768. The zero-order valence-corrected chi connectivity index (χ0v) is 9.76. The topological polar surface area (TPSA) is 24.9 Å². The summed E-state index contributed by atoms with van der Waals surface area (Å²) in [4.78, 5) is 4.59. The predicted molar refractivity (Wildman–Crippen MR) is 71.8 cm³/mol. The smallest absolute Gasteiger partial charge is 0.0709 e. The van der Waals surface area contributed by atoms with Crippen molar-refractivity contribution in [2.24, 2.45) is 0 Å². The van der Waals surface area contributed by atoms with E-state index in [1.807, 2.05) is 12.1 Å². The highest BCUT2D eigenvalue weighted by Crippen LogP contribution is 2.18. The average Bonchev–Trinajstić information content (AvgIpc) is 3.18. The van der Waals surface area contributed by atoms with E-state index in [4.69, 9.17) is 0 Å². The molecule has 2 nitrogen and oxygen atoms in total. The highest BCUT2D eigenvalue weighted by atomic mass is 14.9. The van der Waals surface area contributed by atoms with Crippen molar-refractivity contribution < 1.29 is 0 Å². The number of benzene rings is 1. The van der Waals surface area contributed by atoms with Crippen LogP contribution in [-0.4, -0.2) is 17.6 Å². The van der Waals surface area contributed by atoms with Crippen molar-refractivity contribution in [2.45, 2.75) is 18.9 Å². The van der Waals surface area contributed by atoms with Gasteiger partial charge in [-0.2, -0.15) is 0 Å². The van der Waals surface area contributed by atoms with Crippen molar-refractivity contribution in [1.82, 2.24) is 10.3 Å². The Morgan fingerprint density at radius 2 is 2.06 bits per heavy atom. The fourth-order valence-corrected chi connectivity index (χ4v) is 1.88. The molecule has 0 bridgehead atoms. The number of nitrogens with one attached hydrogen (secondary N) is 1. The van der Waals surface area contributed by atoms with Crippen LogP contribution in [0.5, 0.6) is 0 Å². The van der Waals surface area contributed by atoms with Gasteiger partial charge in [-0.15, -0.1) is 0 Å². The minimum atomic E-state index is 0.768. The van der Waals surface area contributed by atoms with Crippen LogP contribution in [0.4, 0.5) is 0 Å². The van der Waals surface area contributed by atoms with Crippen LogP contribution >= 0.6 is 0 Å². The lowest BCUT2D eigenvalue weighted by molar-refractivity contribution is 0.754. The molecule has 0 aliphatic heterocycles. The van der Waals surface area contributed by atoms with Gasteiger partial charge in [0.1, 0.15) is 0 Å². The van der Waals surface area contributed by atoms with Crippen LogP contribution in [0.25, 0.3) is 17.0 Å². The molecule has 2 heteroatoms. The third kappa shape index (κ3) is 2.71. The molecule has 1 aliphatic rings. The monoisotopic (exact) mass is 224 g/mol. The number of nitrogens with zero attached hydrogens (tertiary/aromatic N) is 1. The molecule has 1 heterocycles. The van der Waals surface area contributed by atoms with Gasteiger partial charge in [-0.3, -0.25) is 0 Å². The molecule has 1 fully saturated rings. The van der Waals surface area contributed by atoms with Gasteiger partial charge in [0.2, 0.25) is 0 Å². The van der Waals surface area contributed by atoms with Gasteiger partial charge in [-0.1, -0.05) is 30.3 Å². The fourth-order valence-electron chi connectivity index (χ4n) is 1.88. The molecule has 1 aliphatic carbocycles. The third-order valence-electron chi connectivity index (χ3n) is 3.01. The third-order valence-corrected chi connectivity index (χ3v) is 3.01. The Morgan fingerprint density at radius 3 is 2.94 bits per heavy atom. The van der Waals surface area contributed by atoms with E-state index in [1.54, 1.807) is 0 Å². The lowest BCUT2D eigenvalue weighted by Gasteiger charge is -1.99. The van der Waals surface area contributed by atoms with E-state index in [-0.39, 0.29) is 0 Å². The van der Waals surface area contributed by atoms with E-state index in [9.17, 15) is 0 Å². The van der Waals surface area contributed by atoms with Crippen LogP contribution in [0, 0.1) is 0 Å². The van der Waals surface area contributed by atoms with Crippen LogP contribution in [-0.2, 0) is 0 Å². The van der Waals surface area contributed by atoms with Gasteiger partial charge in [0.05, 0.1) is 11.2 Å². The average molecular weight is 224 g/mol. The standard InChI is InChI=1S/C15H16N2/c1-2-6-15-12(4-1)7-8-14(17-15)5-3-11-16-13-9-10-13/h1-8,13,16H,9-11H2. The summed E-state index contributed by atoms with van der Waals surface area (Å²) in [6.45, 7) is 0.944. The number of hydrogen-bond donors (Lipinski definition) is 1. The fraction of sp³-hybridized carbons (Fsp3) is 0.267. The molecule has 86 valence electrons. The first-order chi connectivity index (χ1) is 8.42. The molecule has 0 amide bonds. The van der Waals surface area contributed by atoms with Gasteiger partial charge in [-0.05, 0) is 31.1 Å². The molecule has 0 unspecified atom stereocenters. The van der Waals surface area contributed by atoms with Crippen molar-refractivity contribution in [1.29, 1.82) is 0 Å². The Balaban J connectivity index is 1.71. The zero-order valence-electron chi connectivity index (χ0n) is 9.76. The lowest BCUT2D eigenvalue weighted by Crippen LogP contribution is -2.15. The Hall–Kier alpha value is -1.67. The van der Waals surface area contributed by atoms with Gasteiger partial charge in [0, 0.05) is 18.0 Å². The predicted octanol–water partition coefficient (Wildman–Crippen LogP) is 3.00. The first kappa shape index (κ1) is 10.5. The summed E-state index contributed by atoms with van der Waals surface area (Å²) in [6.07, 6.45) is 6.90. The second kappa shape index (κ2) is 4.68. The van der Waals surface area contributed by atoms with Gasteiger partial charge in [-0.25, -0.2) is 4.98 Å². The number of fused-ring (bicyclic) bond motifs is 1. The van der Waals surface area contributed by atoms with Crippen molar-refractivity contribution >= 4 is 17.0 Å². The summed E-state index contributed by atoms with van der Waals surface area (Å²) in [5.74, 6) is 0. The van der Waals surface area contributed by atoms with Crippen molar-refractivity contribution in [3.05, 3.63) is 48.2 Å². The Bertz CT molecular complexity index is 541. The molecule has 0 saturated heterocycles. The first-order valence-electron chi connectivity index (χ1n) is 6.17. The SMILES string of the molecule is C(=Cc1ccc2ccccc2n1)CNC1CC1. The van der Waals surface area contributed by atoms with E-state index in [0.29, 0.717) is 0 Å². The van der Waals surface area contributed by atoms with Crippen LogP contribution in [0.15, 0.2) is 42.5 Å².